The number of rotatable bonds is 0. The molecule has 4 aliphatic heterocycles. The van der Waals surface area contributed by atoms with E-state index in [2.05, 4.69) is 235 Å². The van der Waals surface area contributed by atoms with E-state index in [1.807, 2.05) is 79.6 Å². The third-order valence-electron chi connectivity index (χ3n) is 24.8. The second-order valence-corrected chi connectivity index (χ2v) is 38.6. The van der Waals surface area contributed by atoms with Gasteiger partial charge in [-0.25, -0.2) is 39.9 Å². The number of aromatic nitrogens is 10. The van der Waals surface area contributed by atoms with Crippen molar-refractivity contribution >= 4 is 89.8 Å². The van der Waals surface area contributed by atoms with Gasteiger partial charge < -0.3 is 37.2 Å². The average Bonchev–Trinajstić information content (AvgIpc) is 1.75. The Hall–Kier alpha value is -12.1. The van der Waals surface area contributed by atoms with Gasteiger partial charge in [-0.3, -0.25) is 9.97 Å². The maximum absolute atomic E-state index is 5.47. The molecule has 1 N–H and O–H groups in total. The molecule has 15 heterocycles. The number of nitrogens with zero attached hydrogens (tertiary/aromatic N) is 10. The molecule has 11 aromatic rings. The highest BCUT2D eigenvalue weighted by Gasteiger charge is 2.27. The molecule has 0 amide bonds. The van der Waals surface area contributed by atoms with Crippen LogP contribution in [0.3, 0.4) is 0 Å². The number of nitrogens with one attached hydrogen (secondary N) is 1. The van der Waals surface area contributed by atoms with Gasteiger partial charge in [-0.05, 0) is 394 Å². The third-order valence-corrected chi connectivity index (χ3v) is 26.7. The van der Waals surface area contributed by atoms with Gasteiger partial charge in [-0.1, -0.05) is 73.4 Å². The number of aryl methyl sites for hydroxylation is 7. The summed E-state index contributed by atoms with van der Waals surface area (Å²) < 4.78 is 37.3. The predicted molar refractivity (Wildman–Crippen MR) is 549 cm³/mol. The number of oxazole rings is 2. The molecule has 0 saturated heterocycles. The Labute approximate surface area is 797 Å². The summed E-state index contributed by atoms with van der Waals surface area (Å²) in [6.07, 6.45) is 47.8. The molecule has 0 bridgehead atoms. The highest BCUT2D eigenvalue weighted by Crippen LogP contribution is 2.42. The first kappa shape index (κ1) is 99.9. The number of hydrogen-bond acceptors (Lipinski definition) is 20. The summed E-state index contributed by atoms with van der Waals surface area (Å²) in [5, 5.41) is 5.34. The Morgan fingerprint density at radius 1 is 0.346 bits per heavy atom. The number of pyridine rings is 3. The zero-order valence-corrected chi connectivity index (χ0v) is 84.1. The summed E-state index contributed by atoms with van der Waals surface area (Å²) in [5.74, 6) is 6.51. The number of hydrogen-bond donors (Lipinski definition) is 1. The largest absolute Gasteiger partial charge is 0.485 e. The molecule has 0 aromatic carbocycles. The Kier molecular flexibility index (Phi) is 36.4. The quantitative estimate of drug-likeness (QED) is 0.149. The molecule has 11 aromatic heterocycles. The van der Waals surface area contributed by atoms with E-state index in [4.69, 9.17) is 31.9 Å². The summed E-state index contributed by atoms with van der Waals surface area (Å²) in [7, 11) is 0. The van der Waals surface area contributed by atoms with Gasteiger partial charge in [0.2, 0.25) is 5.88 Å². The van der Waals surface area contributed by atoms with Crippen molar-refractivity contribution in [3.63, 3.8) is 0 Å². The van der Waals surface area contributed by atoms with Crippen molar-refractivity contribution in [2.24, 2.45) is 0 Å². The van der Waals surface area contributed by atoms with Gasteiger partial charge >= 0.3 is 0 Å². The molecule has 0 atom stereocenters. The molecular formula is C113H135N11O7S2. The van der Waals surface area contributed by atoms with Crippen LogP contribution in [0.2, 0.25) is 0 Å². The summed E-state index contributed by atoms with van der Waals surface area (Å²) in [4.78, 5) is 45.2. The number of thiazole rings is 1. The normalized spacial score (nSPS) is 15.0. The zero-order chi connectivity index (χ0) is 94.8. The number of fused-ring (bicyclic) bond motifs is 11. The predicted octanol–water partition coefficient (Wildman–Crippen LogP) is 30.7. The highest BCUT2D eigenvalue weighted by atomic mass is 32.1. The maximum Gasteiger partial charge on any atom is 0.245 e. The summed E-state index contributed by atoms with van der Waals surface area (Å²) in [5.41, 5.74) is 47.9. The third kappa shape index (κ3) is 26.1. The van der Waals surface area contributed by atoms with Crippen LogP contribution in [-0.2, 0) is 56.3 Å². The van der Waals surface area contributed by atoms with Crippen molar-refractivity contribution in [3.05, 3.63) is 326 Å². The first-order chi connectivity index (χ1) is 64.2. The van der Waals surface area contributed by atoms with E-state index in [0.29, 0.717) is 19.1 Å². The lowest BCUT2D eigenvalue weighted by atomic mass is 9.89. The van der Waals surface area contributed by atoms with Gasteiger partial charge in [0.25, 0.3) is 0 Å². The second kappa shape index (κ2) is 48.5. The van der Waals surface area contributed by atoms with Crippen LogP contribution in [-0.4, -0.2) is 63.1 Å². The standard InChI is InChI=1S/C12H15N.C11H12N2.C11H13N.C11H14O.C11H14S.C10H10N2O.C10H13NO.C10H12O2.C9H10N2O.C9H11NO.C9H11NS/c1-9(2)11-7-3-5-10-6-4-8-13-12(10)11;1-8(2)9-5-7-13-11-10(9)4-3-6-12-11;1-8(2)10-6-5-9-4-3-7-12-11(9)10;2*1-8(2)10-5-3-4-9-6-7-12-11(9)10;1-7(2)8-3-6-13-10-9(8)11-4-5-12-10;1-7(2)8-4-3-5-9-10(8)11-6-12-9;1-7(2)9-5-11-6-10-8(9)3-4-12-10;1-6(2)7-4-12-8-3-10-5-11-9(7)8;2*1-6(2)7-3-4-8-9(7)11-5-10-8/h4,6,8H,3,5,7H2,1-2H3;3-7H,1-2H3,(H,12,13);3-4,7H,5-6H2,1-2H3;2*6-7H,3-5H2,1-2H3;3-6H,1-2H3;6H,3-5H2,1-2H3;3-4H,5-6H2,1-2H3;3,5H,4H2,1-2H3;2*5H,3-4H2,1-2H3. The fraction of sp³-hybridized carbons (Fsp3) is 0.381. The van der Waals surface area contributed by atoms with E-state index < -0.39 is 0 Å². The van der Waals surface area contributed by atoms with E-state index in [-0.39, 0.29) is 0 Å². The van der Waals surface area contributed by atoms with Crippen LogP contribution in [0.1, 0.15) is 329 Å². The number of ether oxygens (including phenoxy) is 3. The second-order valence-electron chi connectivity index (χ2n) is 36.8. The molecular weight excluding hydrogens is 1690 g/mol. The first-order valence-electron chi connectivity index (χ1n) is 46.9. The fourth-order valence-corrected chi connectivity index (χ4v) is 19.8. The van der Waals surface area contributed by atoms with Gasteiger partial charge in [0.05, 0.1) is 64.8 Å². The molecule has 0 radical (unpaired) electrons. The molecule has 7 aliphatic carbocycles. The van der Waals surface area contributed by atoms with Crippen LogP contribution >= 0.6 is 22.7 Å². The number of allylic oxidation sites excluding steroid dienone is 22. The van der Waals surface area contributed by atoms with E-state index in [1.165, 1.54) is 251 Å². The van der Waals surface area contributed by atoms with E-state index >= 15 is 0 Å². The molecule has 0 saturated carbocycles. The van der Waals surface area contributed by atoms with Gasteiger partial charge in [0, 0.05) is 70.8 Å². The van der Waals surface area contributed by atoms with Crippen LogP contribution in [0.25, 0.3) is 61.3 Å². The fourth-order valence-electron chi connectivity index (χ4n) is 17.6. The van der Waals surface area contributed by atoms with Crippen LogP contribution in [0.5, 0.6) is 11.6 Å². The monoisotopic (exact) mass is 1820 g/mol. The van der Waals surface area contributed by atoms with Crippen LogP contribution < -0.4 is 14.8 Å². The first-order valence-corrected chi connectivity index (χ1v) is 48.7. The van der Waals surface area contributed by atoms with Gasteiger partial charge in [0.1, 0.15) is 59.7 Å². The smallest absolute Gasteiger partial charge is 0.245 e. The average molecular weight is 1820 g/mol. The van der Waals surface area contributed by atoms with Gasteiger partial charge in [-0.15, -0.1) is 22.7 Å². The SMILES string of the molecule is CC(C)=C1C=CNc2ncccc21.CC(C)=C1C=COc2nccnc21.CC(C)=C1CCCc2cccnc21.CC(C)=C1CCCc2ccoc21.CC(C)=C1CCCc2ccsc21.CC(C)=C1CCCc2ocnc21.CC(C)=C1CCc2cccnc21.CC(C)=C1CCc2ncoc21.CC(C)=C1CCc2ncsc21.CC(C)=C1COCc2occc21.CC(C)=C1COc2cncnc21. The van der Waals surface area contributed by atoms with Crippen molar-refractivity contribution in [3.8, 4) is 11.6 Å². The minimum atomic E-state index is 0.584. The van der Waals surface area contributed by atoms with Crippen LogP contribution in [0.15, 0.2) is 238 Å². The van der Waals surface area contributed by atoms with Crippen molar-refractivity contribution in [1.82, 2.24) is 49.8 Å². The van der Waals surface area contributed by atoms with Crippen molar-refractivity contribution < 1.29 is 31.9 Å². The molecule has 22 rings (SSSR count). The molecule has 20 heteroatoms. The van der Waals surface area contributed by atoms with Gasteiger partial charge in [0.15, 0.2) is 24.3 Å². The topological polar surface area (TPSA) is 221 Å². The lowest BCUT2D eigenvalue weighted by molar-refractivity contribution is 0.127. The van der Waals surface area contributed by atoms with E-state index in [9.17, 15) is 0 Å². The minimum Gasteiger partial charge on any atom is -0.485 e. The van der Waals surface area contributed by atoms with Crippen LogP contribution in [0.4, 0.5) is 5.82 Å². The summed E-state index contributed by atoms with van der Waals surface area (Å²) in [6, 6.07) is 18.9. The molecule has 11 aliphatic rings. The number of furan rings is 2. The molecule has 18 nitrogen and oxygen atoms in total. The molecule has 133 heavy (non-hydrogen) atoms. The van der Waals surface area contributed by atoms with Crippen molar-refractivity contribution in [2.45, 2.75) is 275 Å². The Morgan fingerprint density at radius 2 is 0.910 bits per heavy atom. The molecule has 0 fully saturated rings. The van der Waals surface area contributed by atoms with E-state index in [0.717, 1.165) is 102 Å². The summed E-state index contributed by atoms with van der Waals surface area (Å²) in [6.45, 7) is 48.9. The van der Waals surface area contributed by atoms with E-state index in [1.54, 1.807) is 83.6 Å². The lowest BCUT2D eigenvalue weighted by Crippen LogP contribution is -2.07. The lowest BCUT2D eigenvalue weighted by Gasteiger charge is -2.18. The molecule has 0 unspecified atom stereocenters. The summed E-state index contributed by atoms with van der Waals surface area (Å²) >= 11 is 3.68. The Balaban J connectivity index is 0.000000132. The van der Waals surface area contributed by atoms with Crippen LogP contribution in [0, 0.1) is 0 Å². The number of anilines is 1. The highest BCUT2D eigenvalue weighted by molar-refractivity contribution is 7.11. The Morgan fingerprint density at radius 3 is 1.60 bits per heavy atom. The molecule has 696 valence electrons. The van der Waals surface area contributed by atoms with Crippen molar-refractivity contribution in [1.29, 1.82) is 0 Å². The zero-order valence-electron chi connectivity index (χ0n) is 82.5. The number of thiophene rings is 1. The molecule has 0 spiro atoms. The maximum atomic E-state index is 5.47. The minimum absolute atomic E-state index is 0.584. The van der Waals surface area contributed by atoms with Crippen molar-refractivity contribution in [2.75, 3.05) is 18.5 Å². The Bertz CT molecular complexity index is 5830. The van der Waals surface area contributed by atoms with Gasteiger partial charge in [-0.2, -0.15) is 0 Å².